The lowest BCUT2D eigenvalue weighted by Gasteiger charge is -2.12. The zero-order valence-corrected chi connectivity index (χ0v) is 14.2. The summed E-state index contributed by atoms with van der Waals surface area (Å²) in [5.74, 6) is -0.599. The van der Waals surface area contributed by atoms with Crippen molar-refractivity contribution in [2.75, 3.05) is 26.3 Å². The highest BCUT2D eigenvalue weighted by Gasteiger charge is 2.35. The number of ether oxygens (including phenoxy) is 1. The van der Waals surface area contributed by atoms with Gasteiger partial charge >= 0.3 is 0 Å². The Bertz CT molecular complexity index is 720. The molecular weight excluding hydrogens is 346 g/mol. The normalized spacial score (nSPS) is 12.7. The van der Waals surface area contributed by atoms with Gasteiger partial charge in [-0.2, -0.15) is 0 Å². The molecule has 26 heavy (non-hydrogen) atoms. The number of carbonyl (C=O) groups excluding carboxylic acids is 3. The Labute approximate surface area is 149 Å². The Morgan fingerprint density at radius 2 is 1.96 bits per heavy atom. The molecule has 0 saturated carbocycles. The number of nitrogens with zero attached hydrogens (tertiary/aromatic N) is 2. The van der Waals surface area contributed by atoms with E-state index in [0.29, 0.717) is 18.7 Å². The molecule has 3 amide bonds. The number of rotatable bonds is 10. The van der Waals surface area contributed by atoms with Gasteiger partial charge in [-0.3, -0.25) is 19.3 Å². The number of hydrogen-bond acceptors (Lipinski definition) is 7. The van der Waals surface area contributed by atoms with Crippen molar-refractivity contribution in [2.24, 2.45) is 0 Å². The van der Waals surface area contributed by atoms with Gasteiger partial charge in [0, 0.05) is 13.0 Å². The maximum atomic E-state index is 12.4. The van der Waals surface area contributed by atoms with Crippen molar-refractivity contribution in [3.63, 3.8) is 0 Å². The Kier molecular flexibility index (Phi) is 6.48. The zero-order chi connectivity index (χ0) is 19.1. The van der Waals surface area contributed by atoms with Gasteiger partial charge in [0.05, 0.1) is 24.3 Å². The van der Waals surface area contributed by atoms with Crippen LogP contribution >= 0.6 is 0 Å². The van der Waals surface area contributed by atoms with Crippen LogP contribution < -0.4 is 10.1 Å². The van der Waals surface area contributed by atoms with Gasteiger partial charge in [0.2, 0.25) is 5.91 Å². The van der Waals surface area contributed by atoms with Gasteiger partial charge in [-0.05, 0) is 24.6 Å². The molecule has 1 aromatic carbocycles. The molecule has 0 aliphatic carbocycles. The molecule has 0 spiro atoms. The van der Waals surface area contributed by atoms with E-state index < -0.39 is 16.9 Å². The molecule has 1 N–H and O–H groups in total. The summed E-state index contributed by atoms with van der Waals surface area (Å²) in [6.45, 7) is 2.14. The molecule has 2 rings (SSSR count). The fraction of sp³-hybridized carbons (Fsp3) is 0.438. The lowest BCUT2D eigenvalue weighted by atomic mass is 10.1. The van der Waals surface area contributed by atoms with Crippen LogP contribution in [0.4, 0.5) is 0 Å². The lowest BCUT2D eigenvalue weighted by Crippen LogP contribution is -2.31. The molecule has 0 atom stereocenters. The predicted molar refractivity (Wildman–Crippen MR) is 88.2 cm³/mol. The lowest BCUT2D eigenvalue weighted by molar-refractivity contribution is -0.757. The highest BCUT2D eigenvalue weighted by molar-refractivity contribution is 6.21. The van der Waals surface area contributed by atoms with Crippen LogP contribution in [0.25, 0.3) is 0 Å². The second kappa shape index (κ2) is 8.79. The van der Waals surface area contributed by atoms with Crippen LogP contribution in [0.1, 0.15) is 40.5 Å². The molecule has 0 bridgehead atoms. The van der Waals surface area contributed by atoms with E-state index in [4.69, 9.17) is 4.74 Å². The number of hydrogen-bond donors (Lipinski definition) is 1. The minimum atomic E-state index is -0.922. The summed E-state index contributed by atoms with van der Waals surface area (Å²) in [5.41, 5.74) is 0.483. The monoisotopic (exact) mass is 365 g/mol. The molecule has 140 valence electrons. The molecule has 1 aliphatic rings. The van der Waals surface area contributed by atoms with Crippen molar-refractivity contribution in [2.45, 2.75) is 19.8 Å². The molecule has 0 fully saturated rings. The summed E-state index contributed by atoms with van der Waals surface area (Å²) < 4.78 is 5.48. The van der Waals surface area contributed by atoms with Crippen LogP contribution in [0.5, 0.6) is 5.75 Å². The van der Waals surface area contributed by atoms with Gasteiger partial charge in [-0.15, -0.1) is 10.1 Å². The summed E-state index contributed by atoms with van der Waals surface area (Å²) in [4.78, 5) is 51.1. The molecule has 0 aromatic heterocycles. The molecule has 0 saturated heterocycles. The second-order valence-corrected chi connectivity index (χ2v) is 5.43. The van der Waals surface area contributed by atoms with Crippen LogP contribution in [0, 0.1) is 10.1 Å². The summed E-state index contributed by atoms with van der Waals surface area (Å²) in [5, 5.41) is 11.8. The van der Waals surface area contributed by atoms with E-state index in [1.54, 1.807) is 13.0 Å². The Morgan fingerprint density at radius 3 is 2.65 bits per heavy atom. The van der Waals surface area contributed by atoms with Gasteiger partial charge in [-0.25, -0.2) is 0 Å². The molecule has 0 radical (unpaired) electrons. The van der Waals surface area contributed by atoms with Gasteiger partial charge in [-0.1, -0.05) is 6.92 Å². The third-order valence-electron chi connectivity index (χ3n) is 3.68. The van der Waals surface area contributed by atoms with Crippen molar-refractivity contribution >= 4 is 17.7 Å². The smallest absolute Gasteiger partial charge is 0.294 e. The quantitative estimate of drug-likeness (QED) is 0.281. The average Bonchev–Trinajstić information content (AvgIpc) is 2.86. The summed E-state index contributed by atoms with van der Waals surface area (Å²) in [6.07, 6.45) is 0.547. The van der Waals surface area contributed by atoms with E-state index in [2.05, 4.69) is 10.2 Å². The minimum absolute atomic E-state index is 0.0272. The zero-order valence-electron chi connectivity index (χ0n) is 14.2. The number of benzene rings is 1. The van der Waals surface area contributed by atoms with E-state index in [1.165, 1.54) is 12.1 Å². The number of carbonyl (C=O) groups is 3. The molecule has 1 aromatic rings. The second-order valence-electron chi connectivity index (χ2n) is 5.43. The maximum Gasteiger partial charge on any atom is 0.294 e. The van der Waals surface area contributed by atoms with E-state index in [9.17, 15) is 24.5 Å². The van der Waals surface area contributed by atoms with Gasteiger partial charge in [0.15, 0.2) is 0 Å². The summed E-state index contributed by atoms with van der Waals surface area (Å²) in [6, 6.07) is 4.55. The van der Waals surface area contributed by atoms with Crippen LogP contribution in [0.15, 0.2) is 18.2 Å². The van der Waals surface area contributed by atoms with E-state index in [1.807, 2.05) is 0 Å². The SMILES string of the molecule is CCC(=O)NCCOc1ccc2c(c1)C(=O)N(CCCO[N+](=O)[O-])C2=O. The Morgan fingerprint density at radius 1 is 1.23 bits per heavy atom. The van der Waals surface area contributed by atoms with Crippen molar-refractivity contribution in [1.29, 1.82) is 0 Å². The topological polar surface area (TPSA) is 128 Å². The van der Waals surface area contributed by atoms with Gasteiger partial charge in [0.25, 0.3) is 16.9 Å². The first-order chi connectivity index (χ1) is 12.4. The van der Waals surface area contributed by atoms with Gasteiger partial charge in [0.1, 0.15) is 12.4 Å². The maximum absolute atomic E-state index is 12.4. The highest BCUT2D eigenvalue weighted by atomic mass is 16.9. The van der Waals surface area contributed by atoms with Crippen molar-refractivity contribution in [3.05, 3.63) is 39.4 Å². The molecule has 10 heteroatoms. The number of nitrogens with one attached hydrogen (secondary N) is 1. The van der Waals surface area contributed by atoms with Crippen LogP contribution in [-0.2, 0) is 9.63 Å². The van der Waals surface area contributed by atoms with Crippen LogP contribution in [0.3, 0.4) is 0 Å². The summed E-state index contributed by atoms with van der Waals surface area (Å²) >= 11 is 0. The molecular formula is C16H19N3O7. The van der Waals surface area contributed by atoms with Crippen LogP contribution in [0.2, 0.25) is 0 Å². The first-order valence-electron chi connectivity index (χ1n) is 8.11. The minimum Gasteiger partial charge on any atom is -0.492 e. The molecule has 10 nitrogen and oxygen atoms in total. The third kappa shape index (κ3) is 4.68. The highest BCUT2D eigenvalue weighted by Crippen LogP contribution is 2.27. The number of imide groups is 1. The number of fused-ring (bicyclic) bond motifs is 1. The standard InChI is InChI=1S/C16H19N3O7/c1-2-14(20)17-6-9-25-11-4-5-12-13(10-11)16(22)18(15(12)21)7-3-8-26-19(23)24/h4-5,10H,2-3,6-9H2,1H3,(H,17,20). The van der Waals surface area contributed by atoms with Gasteiger partial charge < -0.3 is 14.9 Å². The average molecular weight is 365 g/mol. The Hall–Kier alpha value is -3.17. The predicted octanol–water partition coefficient (Wildman–Crippen LogP) is 0.786. The first-order valence-corrected chi connectivity index (χ1v) is 8.11. The third-order valence-corrected chi connectivity index (χ3v) is 3.68. The fourth-order valence-electron chi connectivity index (χ4n) is 2.41. The largest absolute Gasteiger partial charge is 0.492 e. The fourth-order valence-corrected chi connectivity index (χ4v) is 2.41. The van der Waals surface area contributed by atoms with Crippen molar-refractivity contribution < 1.29 is 29.0 Å². The van der Waals surface area contributed by atoms with Crippen LogP contribution in [-0.4, -0.2) is 54.0 Å². The molecule has 1 heterocycles. The summed E-state index contributed by atoms with van der Waals surface area (Å²) in [7, 11) is 0. The molecule has 0 unspecified atom stereocenters. The van der Waals surface area contributed by atoms with E-state index in [-0.39, 0.29) is 43.2 Å². The first kappa shape index (κ1) is 19.2. The van der Waals surface area contributed by atoms with E-state index in [0.717, 1.165) is 4.90 Å². The number of amides is 3. The van der Waals surface area contributed by atoms with E-state index >= 15 is 0 Å². The van der Waals surface area contributed by atoms with Crippen molar-refractivity contribution in [3.8, 4) is 5.75 Å². The Balaban J connectivity index is 1.92. The van der Waals surface area contributed by atoms with Crippen molar-refractivity contribution in [1.82, 2.24) is 10.2 Å². The molecule has 1 aliphatic heterocycles.